The molecular weight excluding hydrogens is 382 g/mol. The van der Waals surface area contributed by atoms with E-state index in [9.17, 15) is 9.59 Å². The van der Waals surface area contributed by atoms with Crippen LogP contribution in [0.1, 0.15) is 42.3 Å². The Kier molecular flexibility index (Phi) is 5.70. The molecule has 0 unspecified atom stereocenters. The van der Waals surface area contributed by atoms with Gasteiger partial charge < -0.3 is 19.8 Å². The van der Waals surface area contributed by atoms with Gasteiger partial charge in [0, 0.05) is 12.8 Å². The number of aromatic amines is 1. The second-order valence-corrected chi connectivity index (χ2v) is 7.45. The number of para-hydroxylation sites is 1. The van der Waals surface area contributed by atoms with Gasteiger partial charge >= 0.3 is 0 Å². The summed E-state index contributed by atoms with van der Waals surface area (Å²) in [5, 5.41) is 3.70. The zero-order valence-corrected chi connectivity index (χ0v) is 17.2. The fourth-order valence-corrected chi connectivity index (χ4v) is 4.02. The van der Waals surface area contributed by atoms with Crippen molar-refractivity contribution in [3.63, 3.8) is 0 Å². The van der Waals surface area contributed by atoms with Gasteiger partial charge in [-0.05, 0) is 54.7 Å². The van der Waals surface area contributed by atoms with Crippen LogP contribution in [0.15, 0.2) is 41.2 Å². The number of hydrogen-bond donors (Lipinski definition) is 2. The summed E-state index contributed by atoms with van der Waals surface area (Å²) >= 11 is 0. The predicted octanol–water partition coefficient (Wildman–Crippen LogP) is 3.07. The number of methoxy groups -OCH3 is 2. The van der Waals surface area contributed by atoms with E-state index in [1.54, 1.807) is 20.3 Å². The third-order valence-electron chi connectivity index (χ3n) is 5.54. The van der Waals surface area contributed by atoms with Gasteiger partial charge in [0.2, 0.25) is 5.91 Å². The van der Waals surface area contributed by atoms with Crippen LogP contribution in [0.4, 0.5) is 0 Å². The zero-order chi connectivity index (χ0) is 21.1. The van der Waals surface area contributed by atoms with E-state index in [0.29, 0.717) is 47.5 Å². The number of aryl methyl sites for hydroxylation is 2. The minimum absolute atomic E-state index is 0.00855. The normalized spacial score (nSPS) is 15.1. The summed E-state index contributed by atoms with van der Waals surface area (Å²) in [5.74, 6) is 1.98. The summed E-state index contributed by atoms with van der Waals surface area (Å²) in [6, 6.07) is 11.2. The fourth-order valence-electron chi connectivity index (χ4n) is 4.02. The van der Waals surface area contributed by atoms with Gasteiger partial charge in [-0.25, -0.2) is 4.98 Å². The molecule has 1 aromatic heterocycles. The number of aromatic nitrogens is 2. The van der Waals surface area contributed by atoms with Crippen LogP contribution in [0.25, 0.3) is 10.9 Å². The summed E-state index contributed by atoms with van der Waals surface area (Å²) < 4.78 is 10.8. The number of nitrogens with zero attached hydrogens (tertiary/aromatic N) is 1. The highest BCUT2D eigenvalue weighted by Gasteiger charge is 2.26. The lowest BCUT2D eigenvalue weighted by Gasteiger charge is -2.16. The molecule has 2 N–H and O–H groups in total. The SMILES string of the molecule is COc1cc2c(cc1OC)[C@@H](NC(=O)CCCc1nc3ccccc3c(=O)[nH]1)CC2. The van der Waals surface area contributed by atoms with Crippen LogP contribution >= 0.6 is 0 Å². The molecule has 1 atom stereocenters. The highest BCUT2D eigenvalue weighted by molar-refractivity contribution is 5.77. The van der Waals surface area contributed by atoms with Gasteiger partial charge in [-0.1, -0.05) is 12.1 Å². The number of hydrogen-bond acceptors (Lipinski definition) is 5. The Hall–Kier alpha value is -3.35. The Balaban J connectivity index is 1.36. The molecule has 7 heteroatoms. The van der Waals surface area contributed by atoms with Gasteiger partial charge in [0.15, 0.2) is 11.5 Å². The molecule has 156 valence electrons. The van der Waals surface area contributed by atoms with Crippen LogP contribution in [0.5, 0.6) is 11.5 Å². The number of rotatable bonds is 7. The molecule has 4 rings (SSSR count). The van der Waals surface area contributed by atoms with E-state index in [0.717, 1.165) is 18.4 Å². The number of benzene rings is 2. The summed E-state index contributed by atoms with van der Waals surface area (Å²) in [4.78, 5) is 31.9. The first-order valence-corrected chi connectivity index (χ1v) is 10.1. The summed E-state index contributed by atoms with van der Waals surface area (Å²) in [6.45, 7) is 0. The molecule has 0 spiro atoms. The molecule has 2 aromatic carbocycles. The molecule has 0 fully saturated rings. The number of fused-ring (bicyclic) bond motifs is 2. The van der Waals surface area contributed by atoms with Crippen LogP contribution < -0.4 is 20.3 Å². The molecule has 30 heavy (non-hydrogen) atoms. The molecule has 1 aliphatic carbocycles. The predicted molar refractivity (Wildman–Crippen MR) is 114 cm³/mol. The van der Waals surface area contributed by atoms with Crippen molar-refractivity contribution in [2.45, 2.75) is 38.1 Å². The quantitative estimate of drug-likeness (QED) is 0.628. The standard InChI is InChI=1S/C23H25N3O4/c1-29-19-12-14-10-11-18(16(14)13-20(19)30-2)25-22(27)9-5-8-21-24-17-7-4-3-6-15(17)23(28)26-21/h3-4,6-7,12-13,18H,5,8-11H2,1-2H3,(H,25,27)(H,24,26,28)/t18-/m0/s1. The highest BCUT2D eigenvalue weighted by atomic mass is 16.5. The minimum atomic E-state index is -0.146. The number of carbonyl (C=O) groups excluding carboxylic acids is 1. The first-order chi connectivity index (χ1) is 14.6. The maximum atomic E-state index is 12.5. The number of H-pyrrole nitrogens is 1. The third kappa shape index (κ3) is 4.01. The number of amides is 1. The highest BCUT2D eigenvalue weighted by Crippen LogP contribution is 2.39. The van der Waals surface area contributed by atoms with Crippen molar-refractivity contribution in [2.75, 3.05) is 14.2 Å². The van der Waals surface area contributed by atoms with Gasteiger partial charge in [-0.3, -0.25) is 9.59 Å². The molecule has 1 heterocycles. The molecule has 0 saturated heterocycles. The maximum Gasteiger partial charge on any atom is 0.258 e. The smallest absolute Gasteiger partial charge is 0.258 e. The maximum absolute atomic E-state index is 12.5. The van der Waals surface area contributed by atoms with Crippen LogP contribution in [-0.2, 0) is 17.6 Å². The van der Waals surface area contributed by atoms with E-state index in [-0.39, 0.29) is 17.5 Å². The first-order valence-electron chi connectivity index (χ1n) is 10.1. The Morgan fingerprint density at radius 2 is 1.97 bits per heavy atom. The van der Waals surface area contributed by atoms with E-state index in [2.05, 4.69) is 15.3 Å². The Morgan fingerprint density at radius 1 is 1.20 bits per heavy atom. The van der Waals surface area contributed by atoms with Crippen molar-refractivity contribution >= 4 is 16.8 Å². The average Bonchev–Trinajstić information content (AvgIpc) is 3.14. The van der Waals surface area contributed by atoms with Crippen molar-refractivity contribution in [1.82, 2.24) is 15.3 Å². The van der Waals surface area contributed by atoms with Gasteiger partial charge in [0.05, 0.1) is 31.2 Å². The van der Waals surface area contributed by atoms with Crippen molar-refractivity contribution in [2.24, 2.45) is 0 Å². The molecule has 1 aliphatic rings. The first kappa shape index (κ1) is 19.9. The van der Waals surface area contributed by atoms with E-state index in [4.69, 9.17) is 9.47 Å². The monoisotopic (exact) mass is 407 g/mol. The Morgan fingerprint density at radius 3 is 2.77 bits per heavy atom. The molecule has 0 bridgehead atoms. The van der Waals surface area contributed by atoms with Crippen LogP contribution in [0, 0.1) is 0 Å². The van der Waals surface area contributed by atoms with Crippen LogP contribution in [0.2, 0.25) is 0 Å². The lowest BCUT2D eigenvalue weighted by Crippen LogP contribution is -2.27. The second kappa shape index (κ2) is 8.57. The van der Waals surface area contributed by atoms with Crippen molar-refractivity contribution in [3.8, 4) is 11.5 Å². The van der Waals surface area contributed by atoms with Gasteiger partial charge in [-0.15, -0.1) is 0 Å². The van der Waals surface area contributed by atoms with Crippen LogP contribution in [0.3, 0.4) is 0 Å². The number of nitrogens with one attached hydrogen (secondary N) is 2. The molecule has 1 amide bonds. The summed E-state index contributed by atoms with van der Waals surface area (Å²) in [7, 11) is 3.23. The lowest BCUT2D eigenvalue weighted by atomic mass is 10.1. The van der Waals surface area contributed by atoms with E-state index in [1.807, 2.05) is 30.3 Å². The number of ether oxygens (including phenoxy) is 2. The molecular formula is C23H25N3O4. The van der Waals surface area contributed by atoms with E-state index >= 15 is 0 Å². The largest absolute Gasteiger partial charge is 0.493 e. The Labute approximate surface area is 174 Å². The van der Waals surface area contributed by atoms with E-state index in [1.165, 1.54) is 5.56 Å². The molecule has 7 nitrogen and oxygen atoms in total. The van der Waals surface area contributed by atoms with Crippen molar-refractivity contribution in [3.05, 3.63) is 63.7 Å². The lowest BCUT2D eigenvalue weighted by molar-refractivity contribution is -0.121. The summed E-state index contributed by atoms with van der Waals surface area (Å²) in [5.41, 5.74) is 2.79. The zero-order valence-electron chi connectivity index (χ0n) is 17.2. The number of carbonyl (C=O) groups is 1. The third-order valence-corrected chi connectivity index (χ3v) is 5.54. The fraction of sp³-hybridized carbons (Fsp3) is 0.348. The topological polar surface area (TPSA) is 93.3 Å². The second-order valence-electron chi connectivity index (χ2n) is 7.45. The van der Waals surface area contributed by atoms with E-state index < -0.39 is 0 Å². The van der Waals surface area contributed by atoms with Crippen LogP contribution in [-0.4, -0.2) is 30.1 Å². The Bertz CT molecular complexity index is 1140. The van der Waals surface area contributed by atoms with Crippen molar-refractivity contribution in [1.29, 1.82) is 0 Å². The molecule has 0 aliphatic heterocycles. The average molecular weight is 407 g/mol. The van der Waals surface area contributed by atoms with Gasteiger partial charge in [0.25, 0.3) is 5.56 Å². The summed E-state index contributed by atoms with van der Waals surface area (Å²) in [6.07, 6.45) is 3.27. The molecule has 0 saturated carbocycles. The van der Waals surface area contributed by atoms with Crippen molar-refractivity contribution < 1.29 is 14.3 Å². The van der Waals surface area contributed by atoms with Gasteiger partial charge in [0.1, 0.15) is 5.82 Å². The molecule has 3 aromatic rings. The van der Waals surface area contributed by atoms with Gasteiger partial charge in [-0.2, -0.15) is 0 Å². The minimum Gasteiger partial charge on any atom is -0.493 e. The molecule has 0 radical (unpaired) electrons.